The average Bonchev–Trinajstić information content (AvgIpc) is 2.99. The Balaban J connectivity index is 1.91. The van der Waals surface area contributed by atoms with Gasteiger partial charge in [0.05, 0.1) is 6.42 Å². The Hall–Kier alpha value is -2.28. The molecule has 0 radical (unpaired) electrons. The number of hydrogen-bond donors (Lipinski definition) is 1. The zero-order chi connectivity index (χ0) is 16.8. The molecule has 4 nitrogen and oxygen atoms in total. The van der Waals surface area contributed by atoms with Gasteiger partial charge in [0, 0.05) is 36.6 Å². The predicted octanol–water partition coefficient (Wildman–Crippen LogP) is 2.74. The van der Waals surface area contributed by atoms with E-state index in [1.54, 1.807) is 0 Å². The summed E-state index contributed by atoms with van der Waals surface area (Å²) in [4.78, 5) is 25.7. The Bertz CT molecular complexity index is 689. The van der Waals surface area contributed by atoms with Crippen molar-refractivity contribution >= 4 is 28.8 Å². The van der Waals surface area contributed by atoms with Crippen LogP contribution in [-0.2, 0) is 16.0 Å². The molecule has 1 aromatic heterocycles. The molecule has 0 unspecified atom stereocenters. The summed E-state index contributed by atoms with van der Waals surface area (Å²) in [6, 6.07) is 6.99. The van der Waals surface area contributed by atoms with E-state index in [-0.39, 0.29) is 37.0 Å². The number of anilines is 1. The van der Waals surface area contributed by atoms with Crippen molar-refractivity contribution in [3.63, 3.8) is 0 Å². The summed E-state index contributed by atoms with van der Waals surface area (Å²) in [5.74, 6) is -2.46. The first-order valence-electron chi connectivity index (χ1n) is 6.99. The van der Waals surface area contributed by atoms with Crippen LogP contribution in [0.3, 0.4) is 0 Å². The van der Waals surface area contributed by atoms with E-state index in [0.717, 1.165) is 17.0 Å². The van der Waals surface area contributed by atoms with Gasteiger partial charge in [-0.05, 0) is 23.6 Å². The maximum Gasteiger partial charge on any atom is 0.225 e. The number of carbonyl (C=O) groups is 2. The molecule has 23 heavy (non-hydrogen) atoms. The number of halogens is 2. The molecule has 7 heteroatoms. The molecule has 0 aliphatic heterocycles. The van der Waals surface area contributed by atoms with Crippen LogP contribution in [0.1, 0.15) is 11.8 Å². The second-order valence-electron chi connectivity index (χ2n) is 4.88. The van der Waals surface area contributed by atoms with E-state index in [0.29, 0.717) is 0 Å². The number of hydrogen-bond acceptors (Lipinski definition) is 3. The lowest BCUT2D eigenvalue weighted by atomic mass is 10.2. The van der Waals surface area contributed by atoms with Gasteiger partial charge in [0.2, 0.25) is 11.8 Å². The van der Waals surface area contributed by atoms with Crippen LogP contribution in [0.5, 0.6) is 0 Å². The van der Waals surface area contributed by atoms with Crippen LogP contribution >= 0.6 is 11.3 Å². The molecule has 0 aliphatic carbocycles. The van der Waals surface area contributed by atoms with Crippen molar-refractivity contribution in [2.45, 2.75) is 13.3 Å². The molecule has 1 aromatic carbocycles. The first-order chi connectivity index (χ1) is 11.0. The van der Waals surface area contributed by atoms with Crippen LogP contribution < -0.4 is 10.2 Å². The van der Waals surface area contributed by atoms with Gasteiger partial charge in [-0.25, -0.2) is 8.78 Å². The number of carbonyl (C=O) groups excluding carboxylic acids is 2. The van der Waals surface area contributed by atoms with Crippen LogP contribution in [0, 0.1) is 11.6 Å². The number of thiophene rings is 1. The van der Waals surface area contributed by atoms with Crippen LogP contribution in [0.2, 0.25) is 0 Å². The number of nitrogens with one attached hydrogen (secondary N) is 1. The summed E-state index contributed by atoms with van der Waals surface area (Å²) in [6.45, 7) is 1.73. The van der Waals surface area contributed by atoms with Gasteiger partial charge < -0.3 is 10.2 Å². The first-order valence-corrected chi connectivity index (χ1v) is 7.87. The third-order valence-electron chi connectivity index (χ3n) is 3.17. The molecule has 0 spiro atoms. The first kappa shape index (κ1) is 17.1. The topological polar surface area (TPSA) is 49.4 Å². The molecule has 0 saturated heterocycles. The third-order valence-corrected chi connectivity index (χ3v) is 4.04. The maximum atomic E-state index is 13.3. The SMILES string of the molecule is CC(=O)N(CCNC(=O)Cc1cccs1)c1ccc(F)c(F)c1. The Morgan fingerprint density at radius 3 is 2.61 bits per heavy atom. The molecule has 0 atom stereocenters. The lowest BCUT2D eigenvalue weighted by Gasteiger charge is -2.21. The van der Waals surface area contributed by atoms with E-state index in [1.807, 2.05) is 17.5 Å². The van der Waals surface area contributed by atoms with E-state index in [4.69, 9.17) is 0 Å². The van der Waals surface area contributed by atoms with Crippen LogP contribution in [0.25, 0.3) is 0 Å². The molecule has 2 amide bonds. The average molecular weight is 338 g/mol. The Labute approximate surface area is 136 Å². The number of benzene rings is 1. The summed E-state index contributed by atoms with van der Waals surface area (Å²) < 4.78 is 26.3. The number of amides is 2. The molecular weight excluding hydrogens is 322 g/mol. The molecule has 0 fully saturated rings. The molecule has 122 valence electrons. The van der Waals surface area contributed by atoms with Crippen molar-refractivity contribution in [3.8, 4) is 0 Å². The monoisotopic (exact) mass is 338 g/mol. The highest BCUT2D eigenvalue weighted by molar-refractivity contribution is 7.10. The summed E-state index contributed by atoms with van der Waals surface area (Å²) >= 11 is 1.49. The molecule has 2 rings (SSSR count). The van der Waals surface area contributed by atoms with Crippen molar-refractivity contribution in [1.82, 2.24) is 5.32 Å². The number of rotatable bonds is 6. The van der Waals surface area contributed by atoms with Crippen molar-refractivity contribution in [1.29, 1.82) is 0 Å². The minimum absolute atomic E-state index is 0.152. The van der Waals surface area contributed by atoms with E-state index in [2.05, 4.69) is 5.32 Å². The quantitative estimate of drug-likeness (QED) is 0.880. The van der Waals surface area contributed by atoms with Crippen molar-refractivity contribution in [2.24, 2.45) is 0 Å². The fourth-order valence-electron chi connectivity index (χ4n) is 2.06. The largest absolute Gasteiger partial charge is 0.354 e. The van der Waals surface area contributed by atoms with Gasteiger partial charge in [-0.3, -0.25) is 9.59 Å². The molecule has 2 aromatic rings. The fourth-order valence-corrected chi connectivity index (χ4v) is 2.77. The van der Waals surface area contributed by atoms with Crippen LogP contribution in [0.15, 0.2) is 35.7 Å². The Morgan fingerprint density at radius 2 is 2.00 bits per heavy atom. The van der Waals surface area contributed by atoms with Crippen LogP contribution in [-0.4, -0.2) is 24.9 Å². The number of nitrogens with zero attached hydrogens (tertiary/aromatic N) is 1. The van der Waals surface area contributed by atoms with Crippen molar-refractivity contribution in [2.75, 3.05) is 18.0 Å². The predicted molar refractivity (Wildman–Crippen MR) is 85.4 cm³/mol. The summed E-state index contributed by atoms with van der Waals surface area (Å²) in [5, 5.41) is 4.60. The van der Waals surface area contributed by atoms with Gasteiger partial charge in [0.25, 0.3) is 0 Å². The fraction of sp³-hybridized carbons (Fsp3) is 0.250. The maximum absolute atomic E-state index is 13.3. The normalized spacial score (nSPS) is 10.4. The van der Waals surface area contributed by atoms with Gasteiger partial charge in [-0.2, -0.15) is 0 Å². The second-order valence-corrected chi connectivity index (χ2v) is 5.91. The van der Waals surface area contributed by atoms with Gasteiger partial charge in [0.15, 0.2) is 11.6 Å². The minimum atomic E-state index is -1.02. The molecule has 0 saturated carbocycles. The lowest BCUT2D eigenvalue weighted by Crippen LogP contribution is -2.38. The van der Waals surface area contributed by atoms with E-state index in [1.165, 1.54) is 29.2 Å². The summed E-state index contributed by atoms with van der Waals surface area (Å²) in [6.07, 6.45) is 0.281. The van der Waals surface area contributed by atoms with Gasteiger partial charge >= 0.3 is 0 Å². The standard InChI is InChI=1S/C16H16F2N2O2S/c1-11(21)20(12-4-5-14(17)15(18)9-12)7-6-19-16(22)10-13-3-2-8-23-13/h2-5,8-9H,6-7,10H2,1H3,(H,19,22). The molecule has 0 bridgehead atoms. The minimum Gasteiger partial charge on any atom is -0.354 e. The van der Waals surface area contributed by atoms with Crippen LogP contribution in [0.4, 0.5) is 14.5 Å². The summed E-state index contributed by atoms with van der Waals surface area (Å²) in [5.41, 5.74) is 0.254. The Kier molecular flexibility index (Phi) is 5.81. The zero-order valence-corrected chi connectivity index (χ0v) is 13.3. The molecular formula is C16H16F2N2O2S. The van der Waals surface area contributed by atoms with E-state index in [9.17, 15) is 18.4 Å². The van der Waals surface area contributed by atoms with Gasteiger partial charge in [-0.15, -0.1) is 11.3 Å². The highest BCUT2D eigenvalue weighted by Gasteiger charge is 2.14. The highest BCUT2D eigenvalue weighted by atomic mass is 32.1. The molecule has 1 N–H and O–H groups in total. The summed E-state index contributed by atoms with van der Waals surface area (Å²) in [7, 11) is 0. The molecule has 1 heterocycles. The van der Waals surface area contributed by atoms with E-state index < -0.39 is 11.6 Å². The van der Waals surface area contributed by atoms with Gasteiger partial charge in [-0.1, -0.05) is 6.07 Å². The second kappa shape index (κ2) is 7.82. The van der Waals surface area contributed by atoms with Gasteiger partial charge in [0.1, 0.15) is 0 Å². The lowest BCUT2D eigenvalue weighted by molar-refractivity contribution is -0.120. The highest BCUT2D eigenvalue weighted by Crippen LogP contribution is 2.18. The van der Waals surface area contributed by atoms with E-state index >= 15 is 0 Å². The van der Waals surface area contributed by atoms with Crippen molar-refractivity contribution < 1.29 is 18.4 Å². The molecule has 0 aliphatic rings. The zero-order valence-electron chi connectivity index (χ0n) is 12.5. The van der Waals surface area contributed by atoms with Crippen molar-refractivity contribution in [3.05, 3.63) is 52.2 Å². The Morgan fingerprint density at radius 1 is 1.22 bits per heavy atom. The smallest absolute Gasteiger partial charge is 0.225 e. The third kappa shape index (κ3) is 4.85.